The summed E-state index contributed by atoms with van der Waals surface area (Å²) in [6.45, 7) is 7.70. The molecule has 11 heavy (non-hydrogen) atoms. The maximum Gasteiger partial charge on any atom is 0.0580 e. The normalized spacial score (nSPS) is 12.3. The average molecular weight is 154 g/mol. The van der Waals surface area contributed by atoms with Crippen molar-refractivity contribution in [2.75, 3.05) is 0 Å². The fourth-order valence-corrected chi connectivity index (χ4v) is 0.993. The van der Waals surface area contributed by atoms with E-state index >= 15 is 0 Å². The first-order valence-corrected chi connectivity index (χ1v) is 4.30. The van der Waals surface area contributed by atoms with Crippen molar-refractivity contribution in [1.29, 1.82) is 0 Å². The molecule has 1 nitrogen and oxygen atoms in total. The fourth-order valence-electron chi connectivity index (χ4n) is 0.993. The van der Waals surface area contributed by atoms with Gasteiger partial charge in [-0.25, -0.2) is 0 Å². The van der Waals surface area contributed by atoms with Crippen LogP contribution >= 0.6 is 0 Å². The standard InChI is InChI=1S/C10H18O/c1-4-7-9(5-2)8-10(11)6-3/h10-11H,2,4,6-8H2,1,3H3. The molecule has 0 bridgehead atoms. The summed E-state index contributed by atoms with van der Waals surface area (Å²) in [7, 11) is 0. The van der Waals surface area contributed by atoms with E-state index in [2.05, 4.69) is 19.2 Å². The molecular formula is C10H18O. The first kappa shape index (κ1) is 10.5. The van der Waals surface area contributed by atoms with Gasteiger partial charge in [-0.3, -0.25) is 0 Å². The molecule has 64 valence electrons. The quantitative estimate of drug-likeness (QED) is 0.603. The van der Waals surface area contributed by atoms with Crippen LogP contribution < -0.4 is 0 Å². The van der Waals surface area contributed by atoms with Crippen LogP contribution in [0.4, 0.5) is 0 Å². The Kier molecular flexibility index (Phi) is 5.91. The summed E-state index contributed by atoms with van der Waals surface area (Å²) in [5.74, 6) is 0. The van der Waals surface area contributed by atoms with Gasteiger partial charge in [-0.2, -0.15) is 0 Å². The Balaban J connectivity index is 3.79. The van der Waals surface area contributed by atoms with E-state index in [1.165, 1.54) is 0 Å². The van der Waals surface area contributed by atoms with Gasteiger partial charge in [-0.05, 0) is 18.4 Å². The molecule has 0 aliphatic heterocycles. The van der Waals surface area contributed by atoms with Crippen LogP contribution in [0, 0.1) is 0 Å². The molecule has 1 N–H and O–H groups in total. The molecule has 0 aliphatic rings. The minimum atomic E-state index is -0.203. The zero-order valence-electron chi connectivity index (χ0n) is 7.56. The number of aliphatic hydroxyl groups excluding tert-OH is 1. The van der Waals surface area contributed by atoms with E-state index in [1.54, 1.807) is 0 Å². The predicted molar refractivity (Wildman–Crippen MR) is 48.5 cm³/mol. The third kappa shape index (κ3) is 4.83. The van der Waals surface area contributed by atoms with E-state index in [0.29, 0.717) is 0 Å². The van der Waals surface area contributed by atoms with E-state index in [4.69, 9.17) is 0 Å². The molecule has 0 aromatic rings. The summed E-state index contributed by atoms with van der Waals surface area (Å²) in [6, 6.07) is 0. The van der Waals surface area contributed by atoms with Crippen LogP contribution in [0.2, 0.25) is 0 Å². The van der Waals surface area contributed by atoms with Crippen LogP contribution in [-0.4, -0.2) is 11.2 Å². The van der Waals surface area contributed by atoms with Gasteiger partial charge in [0.05, 0.1) is 6.10 Å². The SMILES string of the molecule is C=C=C(CCC)CC(O)CC. The van der Waals surface area contributed by atoms with Crippen LogP contribution in [0.5, 0.6) is 0 Å². The summed E-state index contributed by atoms with van der Waals surface area (Å²) in [5, 5.41) is 9.30. The molecule has 0 saturated heterocycles. The molecule has 1 unspecified atom stereocenters. The fraction of sp³-hybridized carbons (Fsp3) is 0.700. The lowest BCUT2D eigenvalue weighted by atomic mass is 10.0. The molecule has 1 atom stereocenters. The summed E-state index contributed by atoms with van der Waals surface area (Å²) in [6.07, 6.45) is 3.48. The number of aliphatic hydroxyl groups is 1. The average Bonchev–Trinajstić information content (AvgIpc) is 2.03. The Hall–Kier alpha value is -0.520. The number of hydrogen-bond donors (Lipinski definition) is 1. The Morgan fingerprint density at radius 2 is 2.18 bits per heavy atom. The third-order valence-corrected chi connectivity index (χ3v) is 1.76. The van der Waals surface area contributed by atoms with Crippen LogP contribution in [0.1, 0.15) is 39.5 Å². The molecule has 0 aromatic carbocycles. The Morgan fingerprint density at radius 3 is 2.55 bits per heavy atom. The summed E-state index contributed by atoms with van der Waals surface area (Å²) in [4.78, 5) is 0. The van der Waals surface area contributed by atoms with Gasteiger partial charge in [0.15, 0.2) is 0 Å². The highest BCUT2D eigenvalue weighted by atomic mass is 16.3. The van der Waals surface area contributed by atoms with Gasteiger partial charge in [-0.15, -0.1) is 5.73 Å². The van der Waals surface area contributed by atoms with Crippen LogP contribution in [0.25, 0.3) is 0 Å². The first-order valence-electron chi connectivity index (χ1n) is 4.30. The van der Waals surface area contributed by atoms with Gasteiger partial charge in [0.2, 0.25) is 0 Å². The van der Waals surface area contributed by atoms with Crippen molar-refractivity contribution in [2.45, 2.75) is 45.6 Å². The zero-order valence-corrected chi connectivity index (χ0v) is 7.56. The summed E-state index contributed by atoms with van der Waals surface area (Å²) < 4.78 is 0. The molecule has 0 spiro atoms. The Labute approximate surface area is 69.4 Å². The molecular weight excluding hydrogens is 136 g/mol. The van der Waals surface area contributed by atoms with Crippen molar-refractivity contribution >= 4 is 0 Å². The van der Waals surface area contributed by atoms with E-state index in [-0.39, 0.29) is 6.10 Å². The van der Waals surface area contributed by atoms with Gasteiger partial charge < -0.3 is 5.11 Å². The second kappa shape index (κ2) is 6.21. The second-order valence-electron chi connectivity index (χ2n) is 2.80. The van der Waals surface area contributed by atoms with Crippen molar-refractivity contribution in [2.24, 2.45) is 0 Å². The van der Waals surface area contributed by atoms with Gasteiger partial charge in [0, 0.05) is 6.42 Å². The van der Waals surface area contributed by atoms with Crippen molar-refractivity contribution in [3.63, 3.8) is 0 Å². The lowest BCUT2D eigenvalue weighted by Gasteiger charge is -2.08. The molecule has 0 aromatic heterocycles. The minimum absolute atomic E-state index is 0.203. The summed E-state index contributed by atoms with van der Waals surface area (Å²) >= 11 is 0. The molecule has 0 fully saturated rings. The molecule has 0 rings (SSSR count). The summed E-state index contributed by atoms with van der Waals surface area (Å²) in [5.41, 5.74) is 4.03. The van der Waals surface area contributed by atoms with Crippen molar-refractivity contribution < 1.29 is 5.11 Å². The van der Waals surface area contributed by atoms with Crippen LogP contribution in [0.15, 0.2) is 17.9 Å². The lowest BCUT2D eigenvalue weighted by molar-refractivity contribution is 0.169. The number of rotatable bonds is 5. The lowest BCUT2D eigenvalue weighted by Crippen LogP contribution is -2.05. The monoisotopic (exact) mass is 154 g/mol. The van der Waals surface area contributed by atoms with Crippen molar-refractivity contribution in [3.8, 4) is 0 Å². The van der Waals surface area contributed by atoms with Crippen molar-refractivity contribution in [1.82, 2.24) is 0 Å². The van der Waals surface area contributed by atoms with Crippen LogP contribution in [0.3, 0.4) is 0 Å². The molecule has 0 aliphatic carbocycles. The third-order valence-electron chi connectivity index (χ3n) is 1.76. The predicted octanol–water partition coefficient (Wildman–Crippen LogP) is 2.66. The maximum atomic E-state index is 9.30. The van der Waals surface area contributed by atoms with Crippen LogP contribution in [-0.2, 0) is 0 Å². The molecule has 0 amide bonds. The Morgan fingerprint density at radius 1 is 1.55 bits per heavy atom. The Bertz CT molecular complexity index is 143. The van der Waals surface area contributed by atoms with E-state index in [1.807, 2.05) is 6.92 Å². The topological polar surface area (TPSA) is 20.2 Å². The molecule has 0 saturated carbocycles. The largest absolute Gasteiger partial charge is 0.393 e. The minimum Gasteiger partial charge on any atom is -0.393 e. The van der Waals surface area contributed by atoms with Gasteiger partial charge in [0.1, 0.15) is 0 Å². The first-order chi connectivity index (χ1) is 5.24. The van der Waals surface area contributed by atoms with E-state index in [9.17, 15) is 5.11 Å². The number of hydrogen-bond acceptors (Lipinski definition) is 1. The molecule has 1 heteroatoms. The molecule has 0 heterocycles. The molecule has 0 radical (unpaired) electrons. The smallest absolute Gasteiger partial charge is 0.0580 e. The zero-order chi connectivity index (χ0) is 8.69. The highest BCUT2D eigenvalue weighted by molar-refractivity contribution is 5.00. The maximum absolute atomic E-state index is 9.30. The van der Waals surface area contributed by atoms with Gasteiger partial charge in [0.25, 0.3) is 0 Å². The van der Waals surface area contributed by atoms with E-state index in [0.717, 1.165) is 31.3 Å². The van der Waals surface area contributed by atoms with Gasteiger partial charge in [-0.1, -0.05) is 26.8 Å². The van der Waals surface area contributed by atoms with E-state index < -0.39 is 0 Å². The highest BCUT2D eigenvalue weighted by Crippen LogP contribution is 2.11. The van der Waals surface area contributed by atoms with Crippen molar-refractivity contribution in [3.05, 3.63) is 17.9 Å². The van der Waals surface area contributed by atoms with Gasteiger partial charge >= 0.3 is 0 Å². The second-order valence-corrected chi connectivity index (χ2v) is 2.80. The highest BCUT2D eigenvalue weighted by Gasteiger charge is 2.03.